The molecule has 2 saturated carbocycles. The lowest BCUT2D eigenvalue weighted by molar-refractivity contribution is -0.0983. The molecule has 0 heterocycles. The fourth-order valence-electron chi connectivity index (χ4n) is 7.62. The Morgan fingerprint density at radius 2 is 1.78 bits per heavy atom. The number of benzene rings is 1. The Kier molecular flexibility index (Phi) is 4.22. The van der Waals surface area contributed by atoms with E-state index in [4.69, 9.17) is 4.52 Å². The molecule has 4 atom stereocenters. The van der Waals surface area contributed by atoms with E-state index in [2.05, 4.69) is 34.6 Å². The molecule has 2 fully saturated rings. The van der Waals surface area contributed by atoms with E-state index in [1.807, 2.05) is 12.1 Å². The van der Waals surface area contributed by atoms with Gasteiger partial charge in [-0.05, 0) is 95.9 Å². The van der Waals surface area contributed by atoms with Gasteiger partial charge in [0.25, 0.3) is 0 Å². The molecule has 2 N–H and O–H groups in total. The van der Waals surface area contributed by atoms with Crippen LogP contribution in [0.1, 0.15) is 76.5 Å². The molecule has 0 saturated heterocycles. The Labute approximate surface area is 163 Å². The number of phosphoric acid groups is 1. The highest BCUT2D eigenvalue weighted by Gasteiger charge is 2.61. The zero-order chi connectivity index (χ0) is 19.8. The second-order valence-corrected chi connectivity index (χ2v) is 11.6. The van der Waals surface area contributed by atoms with Gasteiger partial charge in [0.05, 0.1) is 0 Å². The fraction of sp³-hybridized carbons (Fsp3) is 0.727. The summed E-state index contributed by atoms with van der Waals surface area (Å²) in [7, 11) is -4.54. The van der Waals surface area contributed by atoms with Crippen molar-refractivity contribution in [1.82, 2.24) is 0 Å². The third kappa shape index (κ3) is 2.91. The van der Waals surface area contributed by atoms with E-state index in [1.165, 1.54) is 43.2 Å². The van der Waals surface area contributed by atoms with E-state index in [0.29, 0.717) is 22.5 Å². The first-order valence-electron chi connectivity index (χ1n) is 10.3. The molecule has 3 aliphatic rings. The van der Waals surface area contributed by atoms with Crippen molar-refractivity contribution in [2.75, 3.05) is 0 Å². The molecule has 4 rings (SSSR count). The van der Waals surface area contributed by atoms with Crippen molar-refractivity contribution in [3.63, 3.8) is 0 Å². The van der Waals surface area contributed by atoms with Crippen molar-refractivity contribution < 1.29 is 18.9 Å². The zero-order valence-corrected chi connectivity index (χ0v) is 18.1. The maximum absolute atomic E-state index is 11.3. The van der Waals surface area contributed by atoms with E-state index in [0.717, 1.165) is 17.9 Å². The summed E-state index contributed by atoms with van der Waals surface area (Å²) in [5.41, 5.74) is 4.62. The summed E-state index contributed by atoms with van der Waals surface area (Å²) in [5, 5.41) is 0. The first kappa shape index (κ1) is 19.5. The van der Waals surface area contributed by atoms with Crippen LogP contribution < -0.4 is 4.52 Å². The van der Waals surface area contributed by atoms with Gasteiger partial charge in [0.2, 0.25) is 0 Å². The van der Waals surface area contributed by atoms with Gasteiger partial charge < -0.3 is 4.52 Å². The van der Waals surface area contributed by atoms with Crippen LogP contribution >= 0.6 is 7.82 Å². The summed E-state index contributed by atoms with van der Waals surface area (Å²) in [4.78, 5) is 18.4. The molecule has 0 aliphatic heterocycles. The van der Waals surface area contributed by atoms with Crippen molar-refractivity contribution in [2.45, 2.75) is 78.6 Å². The molecule has 1 aromatic rings. The summed E-state index contributed by atoms with van der Waals surface area (Å²) >= 11 is 0. The number of hydrogen-bond donors (Lipinski definition) is 2. The summed E-state index contributed by atoms with van der Waals surface area (Å²) in [6.07, 6.45) is 7.38. The van der Waals surface area contributed by atoms with Gasteiger partial charge in [0.15, 0.2) is 0 Å². The highest BCUT2D eigenvalue weighted by atomic mass is 31.2. The Hall–Kier alpha value is -0.830. The van der Waals surface area contributed by atoms with E-state index < -0.39 is 7.82 Å². The van der Waals surface area contributed by atoms with Gasteiger partial charge >= 0.3 is 7.82 Å². The number of rotatable bonds is 2. The maximum atomic E-state index is 11.3. The number of hydrogen-bond acceptors (Lipinski definition) is 2. The van der Waals surface area contributed by atoms with Crippen LogP contribution in [-0.2, 0) is 16.4 Å². The SMILES string of the molecule is Cc1cc(OP(=O)(O)O)cc2c1[C@@]1(C)CC[C@H]3C(C)(C)CCC[C@]3(C)[C@@H]1C2. The average Bonchev–Trinajstić information content (AvgIpc) is 2.79. The van der Waals surface area contributed by atoms with Gasteiger partial charge in [0.1, 0.15) is 5.75 Å². The Bertz CT molecular complexity index is 826. The van der Waals surface area contributed by atoms with Gasteiger partial charge in [-0.3, -0.25) is 9.79 Å². The largest absolute Gasteiger partial charge is 0.524 e. The smallest absolute Gasteiger partial charge is 0.404 e. The van der Waals surface area contributed by atoms with Crippen LogP contribution in [0.3, 0.4) is 0 Å². The highest BCUT2D eigenvalue weighted by molar-refractivity contribution is 7.46. The van der Waals surface area contributed by atoms with Crippen molar-refractivity contribution in [3.8, 4) is 5.75 Å². The van der Waals surface area contributed by atoms with Crippen LogP contribution in [-0.4, -0.2) is 9.79 Å². The maximum Gasteiger partial charge on any atom is 0.524 e. The molecule has 0 amide bonds. The minimum absolute atomic E-state index is 0.152. The number of phosphoric ester groups is 1. The van der Waals surface area contributed by atoms with E-state index in [9.17, 15) is 14.4 Å². The molecule has 0 bridgehead atoms. The minimum atomic E-state index is -4.54. The standard InChI is InChI=1S/C22H33O4P/c1-14-11-16(26-27(23,24)25)12-15-13-18-21(4)9-6-8-20(2,3)17(21)7-10-22(18,5)19(14)15/h11-12,17-18H,6-10,13H2,1-5H3,(H2,23,24,25)/t17-,18-,21-,22-/m0/s1. The van der Waals surface area contributed by atoms with Crippen molar-refractivity contribution in [2.24, 2.45) is 22.7 Å². The monoisotopic (exact) mass is 392 g/mol. The van der Waals surface area contributed by atoms with Crippen LogP contribution in [0.25, 0.3) is 0 Å². The molecule has 3 aliphatic carbocycles. The molecule has 150 valence electrons. The first-order valence-corrected chi connectivity index (χ1v) is 11.8. The fourth-order valence-corrected chi connectivity index (χ4v) is 8.00. The third-order valence-corrected chi connectivity index (χ3v) is 8.85. The summed E-state index contributed by atoms with van der Waals surface area (Å²) in [6, 6.07) is 3.70. The number of aryl methyl sites for hydroxylation is 1. The normalized spacial score (nSPS) is 37.3. The van der Waals surface area contributed by atoms with Gasteiger partial charge in [0, 0.05) is 0 Å². The molecular formula is C22H33O4P. The van der Waals surface area contributed by atoms with Crippen molar-refractivity contribution in [3.05, 3.63) is 28.8 Å². The average molecular weight is 392 g/mol. The second kappa shape index (κ2) is 5.84. The van der Waals surface area contributed by atoms with Crippen LogP contribution in [0.5, 0.6) is 5.75 Å². The lowest BCUT2D eigenvalue weighted by atomic mass is 9.43. The predicted octanol–water partition coefficient (Wildman–Crippen LogP) is 5.52. The van der Waals surface area contributed by atoms with Gasteiger partial charge in [-0.25, -0.2) is 4.57 Å². The highest BCUT2D eigenvalue weighted by Crippen LogP contribution is 2.68. The molecule has 27 heavy (non-hydrogen) atoms. The Morgan fingerprint density at radius 3 is 2.44 bits per heavy atom. The molecular weight excluding hydrogens is 359 g/mol. The molecule has 0 aromatic heterocycles. The molecule has 0 radical (unpaired) electrons. The molecule has 0 unspecified atom stereocenters. The van der Waals surface area contributed by atoms with E-state index in [-0.39, 0.29) is 5.41 Å². The second-order valence-electron chi connectivity index (χ2n) is 10.5. The summed E-state index contributed by atoms with van der Waals surface area (Å²) in [6.45, 7) is 11.9. The van der Waals surface area contributed by atoms with Gasteiger partial charge in [-0.2, -0.15) is 0 Å². The zero-order valence-electron chi connectivity index (χ0n) is 17.2. The molecule has 4 nitrogen and oxygen atoms in total. The minimum Gasteiger partial charge on any atom is -0.404 e. The summed E-state index contributed by atoms with van der Waals surface area (Å²) < 4.78 is 16.2. The summed E-state index contributed by atoms with van der Waals surface area (Å²) in [5.74, 6) is 1.63. The number of fused-ring (bicyclic) bond motifs is 5. The van der Waals surface area contributed by atoms with E-state index in [1.54, 1.807) is 0 Å². The molecule has 0 spiro atoms. The van der Waals surface area contributed by atoms with Crippen molar-refractivity contribution >= 4 is 7.82 Å². The van der Waals surface area contributed by atoms with Crippen LogP contribution in [0.2, 0.25) is 0 Å². The van der Waals surface area contributed by atoms with Gasteiger partial charge in [-0.1, -0.05) is 34.1 Å². The first-order chi connectivity index (χ1) is 12.4. The molecule has 1 aromatic carbocycles. The topological polar surface area (TPSA) is 66.8 Å². The predicted molar refractivity (Wildman–Crippen MR) is 107 cm³/mol. The Balaban J connectivity index is 1.77. The van der Waals surface area contributed by atoms with E-state index >= 15 is 0 Å². The van der Waals surface area contributed by atoms with Crippen LogP contribution in [0.4, 0.5) is 0 Å². The third-order valence-electron chi connectivity index (χ3n) is 8.40. The van der Waals surface area contributed by atoms with Crippen molar-refractivity contribution in [1.29, 1.82) is 0 Å². The van der Waals surface area contributed by atoms with Crippen LogP contribution in [0, 0.1) is 29.6 Å². The Morgan fingerprint density at radius 1 is 1.07 bits per heavy atom. The van der Waals surface area contributed by atoms with Crippen LogP contribution in [0.15, 0.2) is 12.1 Å². The quantitative estimate of drug-likeness (QED) is 0.650. The lowest BCUT2D eigenvalue weighted by Crippen LogP contribution is -2.55. The molecule has 5 heteroatoms. The lowest BCUT2D eigenvalue weighted by Gasteiger charge is -2.61. The van der Waals surface area contributed by atoms with Gasteiger partial charge in [-0.15, -0.1) is 0 Å².